The fraction of sp³-hybridized carbons (Fsp3) is 0.517. The van der Waals surface area contributed by atoms with Gasteiger partial charge >= 0.3 is 12.1 Å². The van der Waals surface area contributed by atoms with Gasteiger partial charge in [0.15, 0.2) is 0 Å². The van der Waals surface area contributed by atoms with Crippen LogP contribution in [0.2, 0.25) is 0 Å². The average molecular weight is 575 g/mol. The Bertz CT molecular complexity index is 1210. The highest BCUT2D eigenvalue weighted by atomic mass is 32.2. The van der Waals surface area contributed by atoms with Crippen LogP contribution >= 0.6 is 11.8 Å². The minimum Gasteiger partial charge on any atom is -0.467 e. The zero-order chi connectivity index (χ0) is 30.1. The maximum absolute atomic E-state index is 13.2. The predicted octanol–water partition coefficient (Wildman–Crippen LogP) is 3.85. The van der Waals surface area contributed by atoms with Crippen LogP contribution in [0.3, 0.4) is 0 Å². The Hall–Kier alpha value is -3.47. The molecule has 1 aromatic heterocycles. The predicted molar refractivity (Wildman–Crippen MR) is 158 cm³/mol. The highest BCUT2D eigenvalue weighted by Gasteiger charge is 2.31. The fourth-order valence-corrected chi connectivity index (χ4v) is 4.85. The van der Waals surface area contributed by atoms with Crippen molar-refractivity contribution >= 4 is 46.5 Å². The molecule has 2 aromatic rings. The maximum atomic E-state index is 13.2. The molecule has 0 aliphatic rings. The Balaban J connectivity index is 2.13. The number of hydrogen-bond acceptors (Lipinski definition) is 7. The summed E-state index contributed by atoms with van der Waals surface area (Å²) >= 11 is 1.46. The van der Waals surface area contributed by atoms with Crippen LogP contribution in [0.5, 0.6) is 0 Å². The molecule has 220 valence electrons. The monoisotopic (exact) mass is 574 g/mol. The molecule has 0 aliphatic heterocycles. The van der Waals surface area contributed by atoms with Gasteiger partial charge in [-0.05, 0) is 52.7 Å². The van der Waals surface area contributed by atoms with Crippen molar-refractivity contribution < 1.29 is 28.7 Å². The SMILES string of the molecule is C=CC(C)(CC)SC[C@H](NC(=O)OC(C)(C)C)C(=O)N[C@@H](C)C(=O)N[C@@H](Cc1c[nH]c2ccccc12)C(=O)OC. The van der Waals surface area contributed by atoms with E-state index in [0.29, 0.717) is 0 Å². The second-order valence-electron chi connectivity index (χ2n) is 10.8. The van der Waals surface area contributed by atoms with Gasteiger partial charge in [0.2, 0.25) is 11.8 Å². The van der Waals surface area contributed by atoms with Gasteiger partial charge in [-0.1, -0.05) is 31.2 Å². The van der Waals surface area contributed by atoms with E-state index >= 15 is 0 Å². The number of nitrogens with one attached hydrogen (secondary N) is 4. The smallest absolute Gasteiger partial charge is 0.408 e. The number of aromatic nitrogens is 1. The number of esters is 1. The van der Waals surface area contributed by atoms with E-state index in [4.69, 9.17) is 9.47 Å². The summed E-state index contributed by atoms with van der Waals surface area (Å²) in [6.45, 7) is 14.5. The van der Waals surface area contributed by atoms with Gasteiger partial charge in [0, 0.05) is 34.0 Å². The molecule has 4 N–H and O–H groups in total. The minimum atomic E-state index is -1.01. The average Bonchev–Trinajstić information content (AvgIpc) is 3.31. The third-order valence-corrected chi connectivity index (χ3v) is 7.99. The van der Waals surface area contributed by atoms with E-state index in [-0.39, 0.29) is 16.9 Å². The van der Waals surface area contributed by atoms with Gasteiger partial charge in [-0.15, -0.1) is 18.3 Å². The lowest BCUT2D eigenvalue weighted by Gasteiger charge is -2.28. The molecule has 3 amide bonds. The van der Waals surface area contributed by atoms with Crippen LogP contribution in [0.25, 0.3) is 10.9 Å². The Labute approximate surface area is 240 Å². The molecule has 11 heteroatoms. The van der Waals surface area contributed by atoms with Gasteiger partial charge in [-0.3, -0.25) is 9.59 Å². The number of methoxy groups -OCH3 is 1. The summed E-state index contributed by atoms with van der Waals surface area (Å²) in [7, 11) is 1.25. The molecular formula is C29H42N4O6S. The number of ether oxygens (including phenoxy) is 2. The van der Waals surface area contributed by atoms with Crippen LogP contribution in [-0.2, 0) is 30.3 Å². The largest absolute Gasteiger partial charge is 0.467 e. The van der Waals surface area contributed by atoms with Crippen LogP contribution < -0.4 is 16.0 Å². The van der Waals surface area contributed by atoms with E-state index in [9.17, 15) is 19.2 Å². The topological polar surface area (TPSA) is 139 Å². The van der Waals surface area contributed by atoms with Crippen molar-refractivity contribution in [3.05, 3.63) is 48.7 Å². The van der Waals surface area contributed by atoms with Crippen molar-refractivity contribution in [2.45, 2.75) is 82.9 Å². The van der Waals surface area contributed by atoms with Crippen molar-refractivity contribution in [2.75, 3.05) is 12.9 Å². The van der Waals surface area contributed by atoms with Crippen LogP contribution in [0, 0.1) is 0 Å². The lowest BCUT2D eigenvalue weighted by molar-refractivity contribution is -0.145. The molecule has 1 aromatic carbocycles. The molecule has 1 unspecified atom stereocenters. The van der Waals surface area contributed by atoms with Crippen LogP contribution in [0.4, 0.5) is 4.79 Å². The van der Waals surface area contributed by atoms with Crippen LogP contribution in [0.1, 0.15) is 53.5 Å². The first-order valence-electron chi connectivity index (χ1n) is 13.2. The van der Waals surface area contributed by atoms with E-state index in [0.717, 1.165) is 22.9 Å². The molecule has 0 spiro atoms. The molecule has 2 rings (SSSR count). The quantitative estimate of drug-likeness (QED) is 0.211. The third kappa shape index (κ3) is 9.62. The third-order valence-electron chi connectivity index (χ3n) is 6.37. The molecule has 0 aliphatic carbocycles. The molecule has 0 saturated carbocycles. The molecule has 40 heavy (non-hydrogen) atoms. The van der Waals surface area contributed by atoms with Gasteiger partial charge in [-0.2, -0.15) is 0 Å². The summed E-state index contributed by atoms with van der Waals surface area (Å²) < 4.78 is 9.94. The number of hydrogen-bond donors (Lipinski definition) is 4. The second-order valence-corrected chi connectivity index (χ2v) is 12.3. The Morgan fingerprint density at radius 2 is 1.73 bits per heavy atom. The van der Waals surface area contributed by atoms with Gasteiger partial charge in [0.1, 0.15) is 23.7 Å². The molecular weight excluding hydrogens is 532 g/mol. The number of carbonyl (C=O) groups excluding carboxylic acids is 4. The fourth-order valence-electron chi connectivity index (χ4n) is 3.74. The highest BCUT2D eigenvalue weighted by Crippen LogP contribution is 2.30. The van der Waals surface area contributed by atoms with E-state index in [1.807, 2.05) is 38.1 Å². The summed E-state index contributed by atoms with van der Waals surface area (Å²) in [5.41, 5.74) is 0.992. The molecule has 1 heterocycles. The van der Waals surface area contributed by atoms with Gasteiger partial charge in [-0.25, -0.2) is 9.59 Å². The summed E-state index contributed by atoms with van der Waals surface area (Å²) in [6, 6.07) is 4.67. The maximum Gasteiger partial charge on any atom is 0.408 e. The van der Waals surface area contributed by atoms with Crippen molar-refractivity contribution in [1.82, 2.24) is 20.9 Å². The molecule has 0 radical (unpaired) electrons. The van der Waals surface area contributed by atoms with E-state index < -0.39 is 47.6 Å². The van der Waals surface area contributed by atoms with Gasteiger partial charge in [0.05, 0.1) is 7.11 Å². The first-order valence-corrected chi connectivity index (χ1v) is 14.2. The summed E-state index contributed by atoms with van der Waals surface area (Å²) in [5, 5.41) is 8.89. The van der Waals surface area contributed by atoms with Gasteiger partial charge in [0.25, 0.3) is 0 Å². The highest BCUT2D eigenvalue weighted by molar-refractivity contribution is 8.00. The summed E-state index contributed by atoms with van der Waals surface area (Å²) in [5.74, 6) is -1.52. The minimum absolute atomic E-state index is 0.194. The lowest BCUT2D eigenvalue weighted by atomic mass is 10.0. The normalized spacial score (nSPS) is 15.2. The molecule has 0 bridgehead atoms. The first kappa shape index (κ1) is 32.7. The number of alkyl carbamates (subject to hydrolysis) is 1. The Morgan fingerprint density at radius 1 is 1.05 bits per heavy atom. The Kier molecular flexibility index (Phi) is 11.7. The second kappa shape index (κ2) is 14.2. The van der Waals surface area contributed by atoms with E-state index in [2.05, 4.69) is 27.5 Å². The standard InChI is InChI=1S/C29H42N4O6S/c1-9-29(7,10-2)40-17-23(33-27(37)39-28(4,5)6)25(35)31-18(3)24(34)32-22(26(36)38-8)15-19-16-30-21-14-12-11-13-20(19)21/h9,11-14,16,18,22-23,30H,1,10,15,17H2,2-8H3,(H,31,35)(H,32,34)(H,33,37)/t18-,22-,23-,29?/m0/s1. The molecule has 0 saturated heterocycles. The number of thioether (sulfide) groups is 1. The number of benzene rings is 1. The number of H-pyrrole nitrogens is 1. The first-order chi connectivity index (χ1) is 18.7. The van der Waals surface area contributed by atoms with Gasteiger partial charge < -0.3 is 30.4 Å². The van der Waals surface area contributed by atoms with E-state index in [1.165, 1.54) is 25.8 Å². The number of amides is 3. The number of carbonyl (C=O) groups is 4. The lowest BCUT2D eigenvalue weighted by Crippen LogP contribution is -2.56. The van der Waals surface area contributed by atoms with Crippen molar-refractivity contribution in [3.63, 3.8) is 0 Å². The number of aromatic amines is 1. The number of fused-ring (bicyclic) bond motifs is 1. The summed E-state index contributed by atoms with van der Waals surface area (Å²) in [4.78, 5) is 54.5. The number of para-hydroxylation sites is 1. The van der Waals surface area contributed by atoms with Crippen molar-refractivity contribution in [2.24, 2.45) is 0 Å². The van der Waals surface area contributed by atoms with Crippen LogP contribution in [-0.4, -0.2) is 70.2 Å². The van der Waals surface area contributed by atoms with Crippen molar-refractivity contribution in [3.8, 4) is 0 Å². The van der Waals surface area contributed by atoms with Crippen LogP contribution in [0.15, 0.2) is 43.1 Å². The molecule has 10 nitrogen and oxygen atoms in total. The molecule has 4 atom stereocenters. The zero-order valence-corrected chi connectivity index (χ0v) is 25.2. The zero-order valence-electron chi connectivity index (χ0n) is 24.4. The van der Waals surface area contributed by atoms with Crippen molar-refractivity contribution in [1.29, 1.82) is 0 Å². The number of rotatable bonds is 13. The summed E-state index contributed by atoms with van der Waals surface area (Å²) in [6.07, 6.45) is 3.81. The van der Waals surface area contributed by atoms with E-state index in [1.54, 1.807) is 33.0 Å². The Morgan fingerprint density at radius 3 is 2.33 bits per heavy atom. The molecule has 0 fully saturated rings.